The lowest BCUT2D eigenvalue weighted by molar-refractivity contribution is -0.122. The maximum absolute atomic E-state index is 12.1. The number of rotatable bonds is 5. The Morgan fingerprint density at radius 2 is 2.17 bits per heavy atom. The van der Waals surface area contributed by atoms with Gasteiger partial charge in [-0.1, -0.05) is 6.07 Å². The van der Waals surface area contributed by atoms with Gasteiger partial charge in [0.05, 0.1) is 13.2 Å². The van der Waals surface area contributed by atoms with Crippen LogP contribution in [-0.4, -0.2) is 63.9 Å². The zero-order valence-corrected chi connectivity index (χ0v) is 13.1. The number of amides is 1. The van der Waals surface area contributed by atoms with Crippen LogP contribution in [0.4, 0.5) is 0 Å². The molecule has 0 bridgehead atoms. The number of ether oxygens (including phenoxy) is 1. The molecular weight excluding hydrogens is 298 g/mol. The Morgan fingerprint density at radius 1 is 1.39 bits per heavy atom. The molecule has 23 heavy (non-hydrogen) atoms. The van der Waals surface area contributed by atoms with Crippen molar-refractivity contribution in [2.45, 2.75) is 19.5 Å². The highest BCUT2D eigenvalue weighted by Crippen LogP contribution is 1.99. The molecule has 1 aliphatic rings. The zero-order chi connectivity index (χ0) is 16.2. The Bertz CT molecular complexity index is 732. The lowest BCUT2D eigenvalue weighted by Gasteiger charge is -2.29. The van der Waals surface area contributed by atoms with E-state index in [4.69, 9.17) is 4.74 Å². The third-order valence-electron chi connectivity index (χ3n) is 3.82. The fourth-order valence-electron chi connectivity index (χ4n) is 2.74. The Hall–Kier alpha value is -2.19. The van der Waals surface area contributed by atoms with Crippen LogP contribution in [0.15, 0.2) is 29.2 Å². The minimum Gasteiger partial charge on any atom is -0.379 e. The number of nitrogens with one attached hydrogen (secondary N) is 1. The normalized spacial score (nSPS) is 17.3. The van der Waals surface area contributed by atoms with Crippen LogP contribution in [0.5, 0.6) is 0 Å². The Kier molecular flexibility index (Phi) is 4.73. The number of hydrogen-bond acceptors (Lipinski definition) is 5. The smallest absolute Gasteiger partial charge is 0.350 e. The van der Waals surface area contributed by atoms with Gasteiger partial charge in [0.1, 0.15) is 6.54 Å². The van der Waals surface area contributed by atoms with E-state index in [9.17, 15) is 9.59 Å². The molecule has 2 aromatic rings. The quantitative estimate of drug-likeness (QED) is 0.791. The number of aromatic nitrogens is 3. The van der Waals surface area contributed by atoms with Gasteiger partial charge in [-0.05, 0) is 19.1 Å². The molecule has 8 heteroatoms. The highest BCUT2D eigenvalue weighted by molar-refractivity contribution is 5.75. The van der Waals surface area contributed by atoms with E-state index in [0.717, 1.165) is 32.8 Å². The second-order valence-corrected chi connectivity index (χ2v) is 5.75. The average molecular weight is 319 g/mol. The summed E-state index contributed by atoms with van der Waals surface area (Å²) in [7, 11) is 0. The number of hydrogen-bond donors (Lipinski definition) is 1. The van der Waals surface area contributed by atoms with E-state index in [1.807, 2.05) is 6.92 Å². The Labute approximate surface area is 133 Å². The number of pyridine rings is 1. The highest BCUT2D eigenvalue weighted by Gasteiger charge is 2.16. The van der Waals surface area contributed by atoms with E-state index in [2.05, 4.69) is 15.3 Å². The summed E-state index contributed by atoms with van der Waals surface area (Å²) in [6, 6.07) is 5.30. The van der Waals surface area contributed by atoms with E-state index in [-0.39, 0.29) is 24.2 Å². The van der Waals surface area contributed by atoms with Crippen molar-refractivity contribution in [3.8, 4) is 0 Å². The second-order valence-electron chi connectivity index (χ2n) is 5.75. The summed E-state index contributed by atoms with van der Waals surface area (Å²) in [5.41, 5.74) is 0.225. The molecule has 124 valence electrons. The largest absolute Gasteiger partial charge is 0.379 e. The molecule has 1 N–H and O–H groups in total. The molecule has 0 aliphatic carbocycles. The summed E-state index contributed by atoms with van der Waals surface area (Å²) in [4.78, 5) is 26.5. The van der Waals surface area contributed by atoms with Crippen molar-refractivity contribution in [1.82, 2.24) is 24.4 Å². The summed E-state index contributed by atoms with van der Waals surface area (Å²) in [6.07, 6.45) is 1.64. The van der Waals surface area contributed by atoms with Gasteiger partial charge in [-0.2, -0.15) is 0 Å². The van der Waals surface area contributed by atoms with Crippen LogP contribution < -0.4 is 11.0 Å². The molecule has 8 nitrogen and oxygen atoms in total. The summed E-state index contributed by atoms with van der Waals surface area (Å²) >= 11 is 0. The average Bonchev–Trinajstić information content (AvgIpc) is 2.84. The number of nitrogens with zero attached hydrogens (tertiary/aromatic N) is 4. The number of morpholine rings is 1. The summed E-state index contributed by atoms with van der Waals surface area (Å²) in [6.45, 7) is 5.88. The van der Waals surface area contributed by atoms with E-state index in [1.165, 1.54) is 9.08 Å². The summed E-state index contributed by atoms with van der Waals surface area (Å²) in [5.74, 6) is -0.212. The van der Waals surface area contributed by atoms with Crippen molar-refractivity contribution in [2.24, 2.45) is 0 Å². The van der Waals surface area contributed by atoms with Gasteiger partial charge < -0.3 is 10.1 Å². The summed E-state index contributed by atoms with van der Waals surface area (Å²) in [5, 5.41) is 7.07. The molecule has 1 atom stereocenters. The topological polar surface area (TPSA) is 80.9 Å². The van der Waals surface area contributed by atoms with E-state index in [0.29, 0.717) is 5.65 Å². The molecule has 1 fully saturated rings. The first-order valence-corrected chi connectivity index (χ1v) is 7.77. The lowest BCUT2D eigenvalue weighted by atomic mass is 10.3. The van der Waals surface area contributed by atoms with Crippen LogP contribution >= 0.6 is 0 Å². The van der Waals surface area contributed by atoms with Gasteiger partial charge >= 0.3 is 5.69 Å². The third kappa shape index (κ3) is 3.77. The molecule has 0 unspecified atom stereocenters. The monoisotopic (exact) mass is 319 g/mol. The van der Waals surface area contributed by atoms with Gasteiger partial charge in [-0.3, -0.25) is 14.1 Å². The molecule has 0 radical (unpaired) electrons. The van der Waals surface area contributed by atoms with E-state index in [1.54, 1.807) is 24.4 Å². The lowest BCUT2D eigenvalue weighted by Crippen LogP contribution is -2.47. The molecule has 2 aromatic heterocycles. The first-order chi connectivity index (χ1) is 11.1. The SMILES string of the molecule is C[C@H](CN1CCOCC1)NC(=O)Cn1nc2ccccn2c1=O. The van der Waals surface area contributed by atoms with Gasteiger partial charge in [0.2, 0.25) is 5.91 Å². The van der Waals surface area contributed by atoms with Crippen LogP contribution in [0.2, 0.25) is 0 Å². The molecule has 1 amide bonds. The van der Waals surface area contributed by atoms with Crippen molar-refractivity contribution >= 4 is 11.6 Å². The fraction of sp³-hybridized carbons (Fsp3) is 0.533. The van der Waals surface area contributed by atoms with Gasteiger partial charge in [0.15, 0.2) is 5.65 Å². The third-order valence-corrected chi connectivity index (χ3v) is 3.82. The minimum atomic E-state index is -0.309. The molecule has 1 aliphatic heterocycles. The predicted molar refractivity (Wildman–Crippen MR) is 84.3 cm³/mol. The van der Waals surface area contributed by atoms with Crippen LogP contribution in [0.3, 0.4) is 0 Å². The van der Waals surface area contributed by atoms with Crippen LogP contribution in [0.1, 0.15) is 6.92 Å². The van der Waals surface area contributed by atoms with Crippen LogP contribution in [0.25, 0.3) is 5.65 Å². The van der Waals surface area contributed by atoms with Gasteiger partial charge in [0.25, 0.3) is 0 Å². The van der Waals surface area contributed by atoms with E-state index < -0.39 is 0 Å². The van der Waals surface area contributed by atoms with Crippen LogP contribution in [0, 0.1) is 0 Å². The van der Waals surface area contributed by atoms with Crippen molar-refractivity contribution in [1.29, 1.82) is 0 Å². The second kappa shape index (κ2) is 6.93. The molecule has 3 rings (SSSR count). The number of carbonyl (C=O) groups excluding carboxylic acids is 1. The zero-order valence-electron chi connectivity index (χ0n) is 13.1. The minimum absolute atomic E-state index is 0.00772. The van der Waals surface area contributed by atoms with Crippen molar-refractivity contribution in [3.05, 3.63) is 34.9 Å². The maximum atomic E-state index is 12.1. The standard InChI is InChI=1S/C15H21N5O3/c1-12(10-18-6-8-23-9-7-18)16-14(21)11-20-15(22)19-5-3-2-4-13(19)17-20/h2-5,12H,6-11H2,1H3,(H,16,21)/t12-/m1/s1. The van der Waals surface area contributed by atoms with Crippen LogP contribution in [-0.2, 0) is 16.1 Å². The van der Waals surface area contributed by atoms with Crippen molar-refractivity contribution in [2.75, 3.05) is 32.8 Å². The van der Waals surface area contributed by atoms with E-state index >= 15 is 0 Å². The predicted octanol–water partition coefficient (Wildman–Crippen LogP) is -0.667. The first kappa shape index (κ1) is 15.7. The Balaban J connectivity index is 1.57. The Morgan fingerprint density at radius 3 is 2.91 bits per heavy atom. The molecule has 0 aromatic carbocycles. The molecule has 3 heterocycles. The molecular formula is C15H21N5O3. The van der Waals surface area contributed by atoms with Gasteiger partial charge in [-0.25, -0.2) is 9.48 Å². The van der Waals surface area contributed by atoms with Crippen molar-refractivity contribution in [3.63, 3.8) is 0 Å². The first-order valence-electron chi connectivity index (χ1n) is 7.77. The molecule has 0 saturated carbocycles. The summed E-state index contributed by atoms with van der Waals surface area (Å²) < 4.78 is 7.91. The maximum Gasteiger partial charge on any atom is 0.350 e. The number of fused-ring (bicyclic) bond motifs is 1. The fourth-order valence-corrected chi connectivity index (χ4v) is 2.74. The highest BCUT2D eigenvalue weighted by atomic mass is 16.5. The van der Waals surface area contributed by atoms with Crippen molar-refractivity contribution < 1.29 is 9.53 Å². The van der Waals surface area contributed by atoms with Gasteiger partial charge in [-0.15, -0.1) is 5.10 Å². The molecule has 1 saturated heterocycles. The molecule has 0 spiro atoms. The van der Waals surface area contributed by atoms with Gasteiger partial charge in [0, 0.05) is 31.9 Å². The number of carbonyl (C=O) groups is 1.